The van der Waals surface area contributed by atoms with E-state index in [9.17, 15) is 0 Å². The molecule has 1 saturated heterocycles. The van der Waals surface area contributed by atoms with E-state index in [0.29, 0.717) is 12.6 Å². The number of aliphatic hydroxyl groups is 1. The zero-order valence-corrected chi connectivity index (χ0v) is 11.9. The van der Waals surface area contributed by atoms with E-state index in [4.69, 9.17) is 5.11 Å². The van der Waals surface area contributed by atoms with Gasteiger partial charge < -0.3 is 14.9 Å². The molecule has 0 spiro atoms. The summed E-state index contributed by atoms with van der Waals surface area (Å²) < 4.78 is 0. The molecule has 0 atom stereocenters. The third kappa shape index (κ3) is 5.36. The number of nitrogens with zero attached hydrogens (tertiary/aromatic N) is 2. The highest BCUT2D eigenvalue weighted by molar-refractivity contribution is 4.79. The van der Waals surface area contributed by atoms with Crippen molar-refractivity contribution in [3.05, 3.63) is 0 Å². The Balaban J connectivity index is 2.14. The summed E-state index contributed by atoms with van der Waals surface area (Å²) in [5.41, 5.74) is 0. The second-order valence-electron chi connectivity index (χ2n) is 5.63. The van der Waals surface area contributed by atoms with Crippen LogP contribution in [0.1, 0.15) is 46.0 Å². The van der Waals surface area contributed by atoms with Crippen molar-refractivity contribution in [1.29, 1.82) is 0 Å². The predicted octanol–water partition coefficient (Wildman–Crippen LogP) is 1.95. The minimum atomic E-state index is 0.344. The van der Waals surface area contributed by atoms with Crippen LogP contribution in [0.25, 0.3) is 0 Å². The second-order valence-corrected chi connectivity index (χ2v) is 5.63. The summed E-state index contributed by atoms with van der Waals surface area (Å²) in [6.45, 7) is 8.62. The molecule has 102 valence electrons. The van der Waals surface area contributed by atoms with Gasteiger partial charge in [-0.2, -0.15) is 0 Å². The van der Waals surface area contributed by atoms with Gasteiger partial charge in [-0.15, -0.1) is 0 Å². The third-order valence-electron chi connectivity index (χ3n) is 4.02. The second kappa shape index (κ2) is 8.06. The molecule has 0 unspecified atom stereocenters. The first-order chi connectivity index (χ1) is 8.15. The van der Waals surface area contributed by atoms with Crippen LogP contribution >= 0.6 is 0 Å². The van der Waals surface area contributed by atoms with Gasteiger partial charge in [-0.1, -0.05) is 0 Å². The Morgan fingerprint density at radius 1 is 1.18 bits per heavy atom. The molecule has 1 aliphatic heterocycles. The molecule has 0 amide bonds. The molecule has 1 heterocycles. The molecule has 17 heavy (non-hydrogen) atoms. The van der Waals surface area contributed by atoms with Crippen LogP contribution in [0.15, 0.2) is 0 Å². The van der Waals surface area contributed by atoms with Gasteiger partial charge in [0.2, 0.25) is 0 Å². The number of hydrogen-bond donors (Lipinski definition) is 1. The predicted molar refractivity (Wildman–Crippen MR) is 73.3 cm³/mol. The highest BCUT2D eigenvalue weighted by Crippen LogP contribution is 2.17. The summed E-state index contributed by atoms with van der Waals surface area (Å²) in [7, 11) is 2.26. The van der Waals surface area contributed by atoms with Gasteiger partial charge in [-0.05, 0) is 72.6 Å². The smallest absolute Gasteiger partial charge is 0.0431 e. The summed E-state index contributed by atoms with van der Waals surface area (Å²) in [5.74, 6) is 0. The normalized spacial score (nSPS) is 19.4. The molecule has 0 aromatic carbocycles. The lowest BCUT2D eigenvalue weighted by molar-refractivity contribution is 0.106. The van der Waals surface area contributed by atoms with E-state index in [1.54, 1.807) is 0 Å². The van der Waals surface area contributed by atoms with Crippen LogP contribution in [0.2, 0.25) is 0 Å². The van der Waals surface area contributed by atoms with Crippen LogP contribution < -0.4 is 0 Å². The largest absolute Gasteiger partial charge is 0.396 e. The zero-order valence-electron chi connectivity index (χ0n) is 11.9. The summed E-state index contributed by atoms with van der Waals surface area (Å²) in [4.78, 5) is 5.10. The number of hydrogen-bond acceptors (Lipinski definition) is 3. The first kappa shape index (κ1) is 14.9. The van der Waals surface area contributed by atoms with Crippen LogP contribution in [0.4, 0.5) is 0 Å². The van der Waals surface area contributed by atoms with Crippen LogP contribution in [0.5, 0.6) is 0 Å². The lowest BCUT2D eigenvalue weighted by Crippen LogP contribution is -2.45. The van der Waals surface area contributed by atoms with Gasteiger partial charge >= 0.3 is 0 Å². The first-order valence-corrected chi connectivity index (χ1v) is 7.20. The van der Waals surface area contributed by atoms with E-state index < -0.39 is 0 Å². The van der Waals surface area contributed by atoms with Gasteiger partial charge in [0.15, 0.2) is 0 Å². The number of unbranched alkanes of at least 4 members (excludes halogenated alkanes) is 2. The number of piperidine rings is 1. The fraction of sp³-hybridized carbons (Fsp3) is 1.00. The van der Waals surface area contributed by atoms with Gasteiger partial charge in [0, 0.05) is 18.7 Å². The molecule has 0 bridgehead atoms. The van der Waals surface area contributed by atoms with Gasteiger partial charge in [-0.25, -0.2) is 0 Å². The Bertz CT molecular complexity index is 189. The fourth-order valence-electron chi connectivity index (χ4n) is 2.68. The average Bonchev–Trinajstić information content (AvgIpc) is 2.34. The highest BCUT2D eigenvalue weighted by Gasteiger charge is 2.23. The molecule has 1 fully saturated rings. The maximum absolute atomic E-state index is 8.74. The van der Waals surface area contributed by atoms with Crippen LogP contribution in [0, 0.1) is 0 Å². The van der Waals surface area contributed by atoms with E-state index in [0.717, 1.165) is 18.9 Å². The van der Waals surface area contributed by atoms with Gasteiger partial charge in [0.25, 0.3) is 0 Å². The van der Waals surface area contributed by atoms with E-state index in [1.165, 1.54) is 38.9 Å². The SMILES string of the molecule is CC(C)N1CCC(N(C)CCCCCO)CC1. The quantitative estimate of drug-likeness (QED) is 0.691. The Hall–Kier alpha value is -0.120. The molecule has 0 aromatic rings. The van der Waals surface area contributed by atoms with Gasteiger partial charge in [0.05, 0.1) is 0 Å². The molecule has 3 nitrogen and oxygen atoms in total. The topological polar surface area (TPSA) is 26.7 Å². The zero-order chi connectivity index (χ0) is 12.7. The number of aliphatic hydroxyl groups excluding tert-OH is 1. The minimum absolute atomic E-state index is 0.344. The molecule has 0 aliphatic carbocycles. The van der Waals surface area contributed by atoms with Crippen LogP contribution in [0.3, 0.4) is 0 Å². The molecule has 1 N–H and O–H groups in total. The van der Waals surface area contributed by atoms with Crippen molar-refractivity contribution in [3.63, 3.8) is 0 Å². The van der Waals surface area contributed by atoms with E-state index >= 15 is 0 Å². The Labute approximate surface area is 107 Å². The summed E-state index contributed by atoms with van der Waals surface area (Å²) >= 11 is 0. The Morgan fingerprint density at radius 2 is 1.82 bits per heavy atom. The molecular weight excluding hydrogens is 212 g/mol. The Kier molecular flexibility index (Phi) is 7.09. The van der Waals surface area contributed by atoms with E-state index in [2.05, 4.69) is 30.7 Å². The van der Waals surface area contributed by atoms with Crippen molar-refractivity contribution in [2.75, 3.05) is 33.3 Å². The van der Waals surface area contributed by atoms with Crippen molar-refractivity contribution in [3.8, 4) is 0 Å². The molecule has 1 aliphatic rings. The van der Waals surface area contributed by atoms with Crippen molar-refractivity contribution < 1.29 is 5.11 Å². The molecule has 1 rings (SSSR count). The maximum Gasteiger partial charge on any atom is 0.0431 e. The molecule has 0 aromatic heterocycles. The average molecular weight is 242 g/mol. The standard InChI is InChI=1S/C14H30N2O/c1-13(2)16-10-7-14(8-11-16)15(3)9-5-4-6-12-17/h13-14,17H,4-12H2,1-3H3. The molecular formula is C14H30N2O. The van der Waals surface area contributed by atoms with Crippen molar-refractivity contribution >= 4 is 0 Å². The van der Waals surface area contributed by atoms with E-state index in [1.807, 2.05) is 0 Å². The monoisotopic (exact) mass is 242 g/mol. The fourth-order valence-corrected chi connectivity index (χ4v) is 2.68. The molecule has 0 saturated carbocycles. The summed E-state index contributed by atoms with van der Waals surface area (Å²) in [6.07, 6.45) is 5.97. The first-order valence-electron chi connectivity index (χ1n) is 7.20. The lowest BCUT2D eigenvalue weighted by atomic mass is 10.0. The number of likely N-dealkylation sites (tertiary alicyclic amines) is 1. The van der Waals surface area contributed by atoms with Crippen molar-refractivity contribution in [1.82, 2.24) is 9.80 Å². The van der Waals surface area contributed by atoms with Crippen LogP contribution in [-0.4, -0.2) is 60.3 Å². The lowest BCUT2D eigenvalue weighted by Gasteiger charge is -2.38. The van der Waals surface area contributed by atoms with Crippen LogP contribution in [-0.2, 0) is 0 Å². The third-order valence-corrected chi connectivity index (χ3v) is 4.02. The minimum Gasteiger partial charge on any atom is -0.396 e. The Morgan fingerprint density at radius 3 is 2.35 bits per heavy atom. The van der Waals surface area contributed by atoms with Crippen molar-refractivity contribution in [2.45, 2.75) is 58.0 Å². The van der Waals surface area contributed by atoms with E-state index in [-0.39, 0.29) is 0 Å². The highest BCUT2D eigenvalue weighted by atomic mass is 16.2. The van der Waals surface area contributed by atoms with Gasteiger partial charge in [-0.3, -0.25) is 0 Å². The summed E-state index contributed by atoms with van der Waals surface area (Å²) in [5, 5.41) is 8.74. The van der Waals surface area contributed by atoms with Crippen molar-refractivity contribution in [2.24, 2.45) is 0 Å². The summed E-state index contributed by atoms with van der Waals surface area (Å²) in [6, 6.07) is 1.48. The maximum atomic E-state index is 8.74. The molecule has 0 radical (unpaired) electrons. The molecule has 3 heteroatoms. The number of rotatable bonds is 7. The van der Waals surface area contributed by atoms with Gasteiger partial charge in [0.1, 0.15) is 0 Å².